The highest BCUT2D eigenvalue weighted by molar-refractivity contribution is 7.89. The molecule has 1 heterocycles. The molecule has 0 saturated heterocycles. The van der Waals surface area contributed by atoms with Gasteiger partial charge >= 0.3 is 0 Å². The van der Waals surface area contributed by atoms with E-state index in [0.29, 0.717) is 27.6 Å². The van der Waals surface area contributed by atoms with Gasteiger partial charge in [-0.05, 0) is 37.3 Å². The van der Waals surface area contributed by atoms with E-state index in [0.717, 1.165) is 0 Å². The van der Waals surface area contributed by atoms with Crippen molar-refractivity contribution < 1.29 is 17.9 Å². The molecule has 2 aromatic carbocycles. The minimum atomic E-state index is -3.54. The van der Waals surface area contributed by atoms with E-state index in [1.165, 1.54) is 28.8 Å². The third kappa shape index (κ3) is 4.32. The molecule has 0 fully saturated rings. The molecule has 0 aliphatic rings. The first-order chi connectivity index (χ1) is 13.3. The summed E-state index contributed by atoms with van der Waals surface area (Å²) in [6.45, 7) is 3.81. The van der Waals surface area contributed by atoms with E-state index in [2.05, 4.69) is 10.3 Å². The standard InChI is InChI=1S/C19H21N3O4S2/c1-4-22(3)28(24,25)15-10-11-16-17(12-15)27-19(20-16)21-18(23)13(2)26-14-8-6-5-7-9-14/h5-13H,4H2,1-3H3,(H,20,21,23). The topological polar surface area (TPSA) is 88.6 Å². The first-order valence-corrected chi connectivity index (χ1v) is 11.0. The Morgan fingerprint density at radius 1 is 1.25 bits per heavy atom. The Labute approximate surface area is 168 Å². The van der Waals surface area contributed by atoms with Gasteiger partial charge in [0.1, 0.15) is 5.75 Å². The lowest BCUT2D eigenvalue weighted by molar-refractivity contribution is -0.122. The quantitative estimate of drug-likeness (QED) is 0.634. The number of aromatic nitrogens is 1. The van der Waals surface area contributed by atoms with Gasteiger partial charge in [0.15, 0.2) is 11.2 Å². The summed E-state index contributed by atoms with van der Waals surface area (Å²) in [7, 11) is -2.00. The number of amides is 1. The molecule has 1 atom stereocenters. The first-order valence-electron chi connectivity index (χ1n) is 8.70. The molecule has 0 radical (unpaired) electrons. The average Bonchev–Trinajstić information content (AvgIpc) is 3.09. The maximum absolute atomic E-state index is 12.5. The number of hydrogen-bond acceptors (Lipinski definition) is 6. The van der Waals surface area contributed by atoms with Crippen molar-refractivity contribution >= 4 is 42.6 Å². The van der Waals surface area contributed by atoms with E-state index in [9.17, 15) is 13.2 Å². The van der Waals surface area contributed by atoms with Crippen molar-refractivity contribution in [2.24, 2.45) is 0 Å². The van der Waals surface area contributed by atoms with Gasteiger partial charge in [-0.25, -0.2) is 17.7 Å². The van der Waals surface area contributed by atoms with Gasteiger partial charge in [-0.1, -0.05) is 36.5 Å². The maximum atomic E-state index is 12.5. The van der Waals surface area contributed by atoms with Gasteiger partial charge < -0.3 is 4.74 Å². The average molecular weight is 420 g/mol. The predicted octanol–water partition coefficient (Wildman–Crippen LogP) is 3.34. The summed E-state index contributed by atoms with van der Waals surface area (Å²) in [6, 6.07) is 13.8. The minimum Gasteiger partial charge on any atom is -0.481 e. The van der Waals surface area contributed by atoms with Gasteiger partial charge in [0.25, 0.3) is 5.91 Å². The Hall–Kier alpha value is -2.49. The van der Waals surface area contributed by atoms with Crippen LogP contribution in [0.25, 0.3) is 10.2 Å². The van der Waals surface area contributed by atoms with Crippen molar-refractivity contribution in [2.75, 3.05) is 18.9 Å². The summed E-state index contributed by atoms with van der Waals surface area (Å²) in [5.74, 6) is 0.269. The lowest BCUT2D eigenvalue weighted by Gasteiger charge is -2.14. The summed E-state index contributed by atoms with van der Waals surface area (Å²) in [5.41, 5.74) is 0.620. The number of nitrogens with one attached hydrogen (secondary N) is 1. The van der Waals surface area contributed by atoms with Crippen molar-refractivity contribution in [3.8, 4) is 5.75 Å². The molecule has 0 saturated carbocycles. The van der Waals surface area contributed by atoms with Gasteiger partial charge in [0.2, 0.25) is 10.0 Å². The second-order valence-electron chi connectivity index (χ2n) is 6.13. The van der Waals surface area contributed by atoms with Gasteiger partial charge in [-0.3, -0.25) is 10.1 Å². The number of thiazole rings is 1. The third-order valence-electron chi connectivity index (χ3n) is 4.17. The number of nitrogens with zero attached hydrogens (tertiary/aromatic N) is 2. The summed E-state index contributed by atoms with van der Waals surface area (Å²) in [6.07, 6.45) is -0.705. The fourth-order valence-corrected chi connectivity index (χ4v) is 4.62. The number of carbonyl (C=O) groups excluding carboxylic acids is 1. The molecule has 0 aliphatic carbocycles. The van der Waals surface area contributed by atoms with Gasteiger partial charge in [-0.2, -0.15) is 0 Å². The molecule has 0 aliphatic heterocycles. The van der Waals surface area contributed by atoms with Crippen LogP contribution in [0.3, 0.4) is 0 Å². The summed E-state index contributed by atoms with van der Waals surface area (Å²) < 4.78 is 32.5. The van der Waals surface area contributed by atoms with E-state index in [1.807, 2.05) is 18.2 Å². The van der Waals surface area contributed by atoms with E-state index in [1.54, 1.807) is 38.1 Å². The number of carbonyl (C=O) groups is 1. The fraction of sp³-hybridized carbons (Fsp3) is 0.263. The lowest BCUT2D eigenvalue weighted by atomic mass is 10.3. The van der Waals surface area contributed by atoms with Crippen LogP contribution in [0.4, 0.5) is 5.13 Å². The molecule has 28 heavy (non-hydrogen) atoms. The maximum Gasteiger partial charge on any atom is 0.266 e. The molecule has 3 rings (SSSR count). The number of benzene rings is 2. The van der Waals surface area contributed by atoms with Crippen LogP contribution in [0.2, 0.25) is 0 Å². The highest BCUT2D eigenvalue weighted by atomic mass is 32.2. The van der Waals surface area contributed by atoms with Crippen LogP contribution >= 0.6 is 11.3 Å². The van der Waals surface area contributed by atoms with E-state index < -0.39 is 16.1 Å². The second kappa shape index (κ2) is 8.26. The van der Waals surface area contributed by atoms with Crippen LogP contribution in [0.1, 0.15) is 13.8 Å². The minimum absolute atomic E-state index is 0.201. The van der Waals surface area contributed by atoms with Gasteiger partial charge in [-0.15, -0.1) is 0 Å². The molecular weight excluding hydrogens is 398 g/mol. The summed E-state index contributed by atoms with van der Waals surface area (Å²) >= 11 is 1.22. The van der Waals surface area contributed by atoms with E-state index in [-0.39, 0.29) is 10.8 Å². The van der Waals surface area contributed by atoms with Gasteiger partial charge in [0, 0.05) is 13.6 Å². The molecule has 1 N–H and O–H groups in total. The number of anilines is 1. The molecule has 1 amide bonds. The summed E-state index contributed by atoms with van der Waals surface area (Å²) in [4.78, 5) is 16.9. The number of hydrogen-bond donors (Lipinski definition) is 1. The smallest absolute Gasteiger partial charge is 0.266 e. The number of sulfonamides is 1. The highest BCUT2D eigenvalue weighted by Gasteiger charge is 2.21. The van der Waals surface area contributed by atoms with Crippen molar-refractivity contribution in [1.82, 2.24) is 9.29 Å². The summed E-state index contributed by atoms with van der Waals surface area (Å²) in [5, 5.41) is 3.12. The van der Waals surface area contributed by atoms with Crippen LogP contribution in [0.15, 0.2) is 53.4 Å². The van der Waals surface area contributed by atoms with E-state index >= 15 is 0 Å². The fourth-order valence-electron chi connectivity index (χ4n) is 2.43. The van der Waals surface area contributed by atoms with Crippen molar-refractivity contribution in [3.05, 3.63) is 48.5 Å². The molecule has 1 aromatic heterocycles. The van der Waals surface area contributed by atoms with Crippen LogP contribution in [-0.2, 0) is 14.8 Å². The number of ether oxygens (including phenoxy) is 1. The zero-order chi connectivity index (χ0) is 20.3. The van der Waals surface area contributed by atoms with E-state index in [4.69, 9.17) is 4.74 Å². The largest absolute Gasteiger partial charge is 0.481 e. The zero-order valence-corrected chi connectivity index (χ0v) is 17.4. The molecule has 0 spiro atoms. The highest BCUT2D eigenvalue weighted by Crippen LogP contribution is 2.29. The van der Waals surface area contributed by atoms with Crippen LogP contribution in [-0.4, -0.2) is 43.3 Å². The Balaban J connectivity index is 1.76. The Morgan fingerprint density at radius 3 is 2.64 bits per heavy atom. The van der Waals surface area contributed by atoms with Crippen LogP contribution < -0.4 is 10.1 Å². The molecule has 1 unspecified atom stereocenters. The normalized spacial score (nSPS) is 12.9. The number of para-hydroxylation sites is 1. The molecular formula is C19H21N3O4S2. The number of rotatable bonds is 7. The zero-order valence-electron chi connectivity index (χ0n) is 15.7. The monoisotopic (exact) mass is 419 g/mol. The third-order valence-corrected chi connectivity index (χ3v) is 7.03. The van der Waals surface area contributed by atoms with Crippen molar-refractivity contribution in [2.45, 2.75) is 24.8 Å². The molecule has 3 aromatic rings. The first kappa shape index (κ1) is 20.2. The lowest BCUT2D eigenvalue weighted by Crippen LogP contribution is -2.30. The predicted molar refractivity (Wildman–Crippen MR) is 110 cm³/mol. The molecule has 0 bridgehead atoms. The van der Waals surface area contributed by atoms with Crippen LogP contribution in [0.5, 0.6) is 5.75 Å². The SMILES string of the molecule is CCN(C)S(=O)(=O)c1ccc2nc(NC(=O)C(C)Oc3ccccc3)sc2c1. The molecule has 9 heteroatoms. The van der Waals surface area contributed by atoms with Crippen LogP contribution in [0, 0.1) is 0 Å². The Bertz CT molecular complexity index is 1080. The Kier molecular flexibility index (Phi) is 5.97. The van der Waals surface area contributed by atoms with Gasteiger partial charge in [0.05, 0.1) is 15.1 Å². The molecule has 148 valence electrons. The molecule has 7 nitrogen and oxygen atoms in total. The Morgan fingerprint density at radius 2 is 1.96 bits per heavy atom. The number of fused-ring (bicyclic) bond motifs is 1. The van der Waals surface area contributed by atoms with Crippen molar-refractivity contribution in [1.29, 1.82) is 0 Å². The van der Waals surface area contributed by atoms with Crippen molar-refractivity contribution in [3.63, 3.8) is 0 Å². The second-order valence-corrected chi connectivity index (χ2v) is 9.21.